The molecule has 0 unspecified atom stereocenters. The minimum absolute atomic E-state index is 0.0215. The molecule has 0 atom stereocenters. The first-order valence-electron chi connectivity index (χ1n) is 5.93. The van der Waals surface area contributed by atoms with Crippen LogP contribution in [0.5, 0.6) is 5.75 Å². The Balaban J connectivity index is 2.36. The Morgan fingerprint density at radius 1 is 1.27 bits per heavy atom. The van der Waals surface area contributed by atoms with Crippen LogP contribution < -0.4 is 0 Å². The molecule has 22 heavy (non-hydrogen) atoms. The third-order valence-electron chi connectivity index (χ3n) is 2.74. The number of hydrogen-bond acceptors (Lipinski definition) is 5. The van der Waals surface area contributed by atoms with Crippen molar-refractivity contribution >= 4 is 35.2 Å². The molecular weight excluding hydrogens is 312 g/mol. The summed E-state index contributed by atoms with van der Waals surface area (Å²) in [4.78, 5) is 24.9. The van der Waals surface area contributed by atoms with Crippen LogP contribution in [0.15, 0.2) is 41.4 Å². The zero-order valence-electron chi connectivity index (χ0n) is 10.9. The summed E-state index contributed by atoms with van der Waals surface area (Å²) in [5, 5.41) is 29.3. The number of carboxylic acids is 1. The maximum absolute atomic E-state index is 10.9. The summed E-state index contributed by atoms with van der Waals surface area (Å²) in [7, 11) is 0. The number of hydrogen-bond donors (Lipinski definition) is 2. The molecule has 0 aliphatic rings. The summed E-state index contributed by atoms with van der Waals surface area (Å²) in [6.07, 6.45) is 1.29. The quantitative estimate of drug-likeness (QED) is 0.509. The number of rotatable bonds is 4. The largest absolute Gasteiger partial charge is 0.502 e. The van der Waals surface area contributed by atoms with Crippen molar-refractivity contribution in [2.24, 2.45) is 4.99 Å². The Labute approximate surface area is 129 Å². The molecule has 0 aliphatic carbocycles. The minimum atomic E-state index is -1.12. The number of phenols is 1. The molecule has 0 bridgehead atoms. The molecule has 2 rings (SSSR count). The Morgan fingerprint density at radius 3 is 2.64 bits per heavy atom. The first-order chi connectivity index (χ1) is 10.4. The Kier molecular flexibility index (Phi) is 4.38. The van der Waals surface area contributed by atoms with Gasteiger partial charge in [0, 0.05) is 12.3 Å². The SMILES string of the molecule is O=C(O)c1ccc(Cl)c(N=Cc2ccc(O)c([N+](=O)[O-])c2)c1. The molecule has 0 aromatic heterocycles. The Hall–Kier alpha value is -2.93. The van der Waals surface area contributed by atoms with E-state index in [1.54, 1.807) is 0 Å². The lowest BCUT2D eigenvalue weighted by atomic mass is 10.2. The van der Waals surface area contributed by atoms with Crippen LogP contribution in [0.1, 0.15) is 15.9 Å². The fraction of sp³-hybridized carbons (Fsp3) is 0. The molecule has 2 aromatic rings. The van der Waals surface area contributed by atoms with Gasteiger partial charge in [0.1, 0.15) is 0 Å². The van der Waals surface area contributed by atoms with Crippen LogP contribution in [0.2, 0.25) is 5.02 Å². The normalized spacial score (nSPS) is 10.8. The number of nitrogens with zero attached hydrogens (tertiary/aromatic N) is 2. The molecule has 0 spiro atoms. The molecule has 2 N–H and O–H groups in total. The monoisotopic (exact) mass is 320 g/mol. The highest BCUT2D eigenvalue weighted by atomic mass is 35.5. The highest BCUT2D eigenvalue weighted by molar-refractivity contribution is 6.33. The summed E-state index contributed by atoms with van der Waals surface area (Å²) in [5.74, 6) is -1.57. The van der Waals surface area contributed by atoms with Crippen molar-refractivity contribution in [3.05, 3.63) is 62.7 Å². The standard InChI is InChI=1S/C14H9ClN2O5/c15-10-3-2-9(14(19)20)6-11(10)16-7-8-1-4-13(18)12(5-8)17(21)22/h1-7,18H,(H,19,20). The van der Waals surface area contributed by atoms with E-state index in [1.165, 1.54) is 36.5 Å². The molecule has 0 heterocycles. The third-order valence-corrected chi connectivity index (χ3v) is 3.06. The van der Waals surface area contributed by atoms with E-state index < -0.39 is 22.3 Å². The van der Waals surface area contributed by atoms with Gasteiger partial charge in [-0.15, -0.1) is 0 Å². The number of aromatic hydroxyl groups is 1. The first kappa shape index (κ1) is 15.5. The average Bonchev–Trinajstić information content (AvgIpc) is 2.47. The van der Waals surface area contributed by atoms with Gasteiger partial charge in [-0.2, -0.15) is 0 Å². The molecule has 2 aromatic carbocycles. The van der Waals surface area contributed by atoms with Gasteiger partial charge in [0.05, 0.1) is 21.2 Å². The van der Waals surface area contributed by atoms with E-state index in [9.17, 15) is 20.0 Å². The summed E-state index contributed by atoms with van der Waals surface area (Å²) in [6.45, 7) is 0. The van der Waals surface area contributed by atoms with E-state index in [2.05, 4.69) is 4.99 Å². The van der Waals surface area contributed by atoms with Crippen LogP contribution in [0.25, 0.3) is 0 Å². The number of carbonyl (C=O) groups is 1. The number of aliphatic imine (C=N–C) groups is 1. The van der Waals surface area contributed by atoms with Crippen LogP contribution in [-0.2, 0) is 0 Å². The van der Waals surface area contributed by atoms with Gasteiger partial charge in [0.25, 0.3) is 0 Å². The van der Waals surface area contributed by atoms with Gasteiger partial charge in [-0.3, -0.25) is 15.1 Å². The summed E-state index contributed by atoms with van der Waals surface area (Å²) in [5.41, 5.74) is 0.154. The molecule has 7 nitrogen and oxygen atoms in total. The zero-order valence-corrected chi connectivity index (χ0v) is 11.7. The fourth-order valence-electron chi connectivity index (χ4n) is 1.66. The second kappa shape index (κ2) is 6.23. The van der Waals surface area contributed by atoms with Crippen LogP contribution in [0.4, 0.5) is 11.4 Å². The van der Waals surface area contributed by atoms with E-state index in [0.717, 1.165) is 6.07 Å². The molecule has 0 aliphatic heterocycles. The molecule has 8 heteroatoms. The van der Waals surface area contributed by atoms with Gasteiger partial charge in [-0.25, -0.2) is 4.79 Å². The van der Waals surface area contributed by atoms with Crippen molar-refractivity contribution < 1.29 is 19.9 Å². The first-order valence-corrected chi connectivity index (χ1v) is 6.30. The Bertz CT molecular complexity index is 789. The highest BCUT2D eigenvalue weighted by Crippen LogP contribution is 2.28. The van der Waals surface area contributed by atoms with E-state index in [4.69, 9.17) is 16.7 Å². The summed E-state index contributed by atoms with van der Waals surface area (Å²) < 4.78 is 0. The predicted octanol–water partition coefficient (Wildman–Crippen LogP) is 3.40. The molecule has 0 saturated carbocycles. The topological polar surface area (TPSA) is 113 Å². The maximum Gasteiger partial charge on any atom is 0.335 e. The van der Waals surface area contributed by atoms with E-state index in [1.807, 2.05) is 0 Å². The highest BCUT2D eigenvalue weighted by Gasteiger charge is 2.13. The molecule has 112 valence electrons. The van der Waals surface area contributed by atoms with Crippen molar-refractivity contribution in [1.29, 1.82) is 0 Å². The molecule has 0 radical (unpaired) electrons. The van der Waals surface area contributed by atoms with Crippen molar-refractivity contribution in [2.75, 3.05) is 0 Å². The number of benzene rings is 2. The van der Waals surface area contributed by atoms with Crippen LogP contribution in [0.3, 0.4) is 0 Å². The van der Waals surface area contributed by atoms with Gasteiger partial charge in [-0.1, -0.05) is 11.6 Å². The van der Waals surface area contributed by atoms with Gasteiger partial charge >= 0.3 is 11.7 Å². The number of nitro groups is 1. The van der Waals surface area contributed by atoms with Crippen LogP contribution in [0, 0.1) is 10.1 Å². The van der Waals surface area contributed by atoms with E-state index in [0.29, 0.717) is 5.56 Å². The predicted molar refractivity (Wildman–Crippen MR) is 80.4 cm³/mol. The second-order valence-electron chi connectivity index (χ2n) is 4.23. The molecular formula is C14H9ClN2O5. The van der Waals surface area contributed by atoms with E-state index >= 15 is 0 Å². The number of aromatic carboxylic acids is 1. The number of nitro benzene ring substituents is 1. The third kappa shape index (κ3) is 3.39. The maximum atomic E-state index is 10.9. The lowest BCUT2D eigenvalue weighted by molar-refractivity contribution is -0.385. The smallest absolute Gasteiger partial charge is 0.335 e. The minimum Gasteiger partial charge on any atom is -0.502 e. The van der Waals surface area contributed by atoms with Crippen molar-refractivity contribution in [1.82, 2.24) is 0 Å². The van der Waals surface area contributed by atoms with Crippen LogP contribution >= 0.6 is 11.6 Å². The van der Waals surface area contributed by atoms with Crippen molar-refractivity contribution in [3.63, 3.8) is 0 Å². The fourth-order valence-corrected chi connectivity index (χ4v) is 1.82. The van der Waals surface area contributed by atoms with Crippen molar-refractivity contribution in [3.8, 4) is 5.75 Å². The molecule has 0 fully saturated rings. The summed E-state index contributed by atoms with van der Waals surface area (Å²) in [6, 6.07) is 7.78. The Morgan fingerprint density at radius 2 is 2.00 bits per heavy atom. The van der Waals surface area contributed by atoms with Crippen LogP contribution in [-0.4, -0.2) is 27.3 Å². The number of halogens is 1. The summed E-state index contributed by atoms with van der Waals surface area (Å²) >= 11 is 5.92. The van der Waals surface area contributed by atoms with Gasteiger partial charge in [-0.05, 0) is 35.9 Å². The van der Waals surface area contributed by atoms with Gasteiger partial charge in [0.2, 0.25) is 0 Å². The van der Waals surface area contributed by atoms with Crippen molar-refractivity contribution in [2.45, 2.75) is 0 Å². The van der Waals surface area contributed by atoms with Gasteiger partial charge in [0.15, 0.2) is 5.75 Å². The average molecular weight is 321 g/mol. The number of phenolic OH excluding ortho intramolecular Hbond substituents is 1. The van der Waals surface area contributed by atoms with Gasteiger partial charge < -0.3 is 10.2 Å². The molecule has 0 saturated heterocycles. The lowest BCUT2D eigenvalue weighted by Gasteiger charge is -2.01. The van der Waals surface area contributed by atoms with E-state index in [-0.39, 0.29) is 16.3 Å². The molecule has 0 amide bonds. The zero-order chi connectivity index (χ0) is 16.3. The lowest BCUT2D eigenvalue weighted by Crippen LogP contribution is -1.95. The number of carboxylic acid groups (broad SMARTS) is 1. The second-order valence-corrected chi connectivity index (χ2v) is 4.64.